The van der Waals surface area contributed by atoms with Gasteiger partial charge in [-0.05, 0) is 43.6 Å². The predicted octanol–water partition coefficient (Wildman–Crippen LogP) is 0.749. The van der Waals surface area contributed by atoms with Crippen molar-refractivity contribution in [2.24, 2.45) is 0 Å². The monoisotopic (exact) mass is 334 g/mol. The number of carbonyl (C=O) groups is 1. The summed E-state index contributed by atoms with van der Waals surface area (Å²) in [6.45, 7) is 9.04. The molecule has 1 heterocycles. The van der Waals surface area contributed by atoms with Gasteiger partial charge < -0.3 is 21.1 Å². The average Bonchev–Trinajstić information content (AvgIpc) is 2.58. The molecule has 0 radical (unpaired) electrons. The zero-order valence-electron chi connectivity index (χ0n) is 14.4. The van der Waals surface area contributed by atoms with Gasteiger partial charge in [0.05, 0.1) is 5.56 Å². The number of hydrogen-bond acceptors (Lipinski definition) is 5. The smallest absolute Gasteiger partial charge is 0.335 e. The second kappa shape index (κ2) is 11.1. The summed E-state index contributed by atoms with van der Waals surface area (Å²) in [4.78, 5) is 13.4. The van der Waals surface area contributed by atoms with E-state index in [-0.39, 0.29) is 0 Å². The highest BCUT2D eigenvalue weighted by Crippen LogP contribution is 2.08. The minimum absolute atomic E-state index is 0.347. The van der Waals surface area contributed by atoms with E-state index in [0.29, 0.717) is 5.56 Å². The molecule has 134 valence electrons. The third-order valence-electron chi connectivity index (χ3n) is 4.25. The lowest BCUT2D eigenvalue weighted by atomic mass is 10.1. The van der Waals surface area contributed by atoms with Crippen LogP contribution in [0.4, 0.5) is 0 Å². The summed E-state index contributed by atoms with van der Waals surface area (Å²) in [6, 6.07) is 7.23. The number of rotatable bonds is 3. The van der Waals surface area contributed by atoms with Crippen LogP contribution in [0, 0.1) is 0 Å². The van der Waals surface area contributed by atoms with E-state index in [0.717, 1.165) is 58.9 Å². The number of nitrogens with zero attached hydrogens (tertiary/aromatic N) is 1. The third kappa shape index (κ3) is 7.40. The number of nitrogens with one attached hydrogen (secondary N) is 3. The predicted molar refractivity (Wildman–Crippen MR) is 96.5 cm³/mol. The van der Waals surface area contributed by atoms with E-state index < -0.39 is 5.97 Å². The van der Waals surface area contributed by atoms with Gasteiger partial charge in [-0.2, -0.15) is 0 Å². The zero-order valence-corrected chi connectivity index (χ0v) is 14.4. The summed E-state index contributed by atoms with van der Waals surface area (Å²) < 4.78 is 0. The number of carboxylic acids is 1. The van der Waals surface area contributed by atoms with Crippen molar-refractivity contribution in [1.82, 2.24) is 20.9 Å². The van der Waals surface area contributed by atoms with Crippen LogP contribution in [-0.2, 0) is 6.54 Å². The van der Waals surface area contributed by atoms with Gasteiger partial charge in [-0.25, -0.2) is 4.79 Å². The number of carboxylic acid groups (broad SMARTS) is 1. The molecule has 0 aromatic heterocycles. The Bertz CT molecular complexity index is 464. The van der Waals surface area contributed by atoms with Crippen molar-refractivity contribution in [1.29, 1.82) is 0 Å². The Morgan fingerprint density at radius 1 is 0.875 bits per heavy atom. The highest BCUT2D eigenvalue weighted by molar-refractivity contribution is 5.87. The van der Waals surface area contributed by atoms with Crippen molar-refractivity contribution in [3.63, 3.8) is 0 Å². The number of hydrogen-bond donors (Lipinski definition) is 4. The van der Waals surface area contributed by atoms with E-state index in [1.54, 1.807) is 12.1 Å². The molecule has 1 aliphatic rings. The standard InChI is InChI=1S/C18H30N4O2/c23-18(24)17-5-3-16(4-6-17)15-22-13-2-1-7-19-8-9-20-10-11-21-12-14-22/h3-6,19-21H,1-2,7-15H2,(H,23,24). The Morgan fingerprint density at radius 3 is 2.17 bits per heavy atom. The lowest BCUT2D eigenvalue weighted by molar-refractivity contribution is 0.0697. The fourth-order valence-electron chi connectivity index (χ4n) is 2.83. The summed E-state index contributed by atoms with van der Waals surface area (Å²) >= 11 is 0. The van der Waals surface area contributed by atoms with Crippen LogP contribution in [0.5, 0.6) is 0 Å². The van der Waals surface area contributed by atoms with Crippen LogP contribution in [0.3, 0.4) is 0 Å². The first kappa shape index (κ1) is 18.9. The summed E-state index contributed by atoms with van der Waals surface area (Å²) in [5, 5.41) is 19.3. The number of aromatic carboxylic acids is 1. The van der Waals surface area contributed by atoms with E-state index in [1.165, 1.54) is 18.4 Å². The van der Waals surface area contributed by atoms with E-state index in [2.05, 4.69) is 20.9 Å². The Labute approximate surface area is 144 Å². The van der Waals surface area contributed by atoms with Crippen LogP contribution in [0.2, 0.25) is 0 Å². The lowest BCUT2D eigenvalue weighted by Crippen LogP contribution is -2.37. The summed E-state index contributed by atoms with van der Waals surface area (Å²) in [7, 11) is 0. The third-order valence-corrected chi connectivity index (χ3v) is 4.25. The lowest BCUT2D eigenvalue weighted by Gasteiger charge is -2.23. The van der Waals surface area contributed by atoms with Gasteiger partial charge in [0.15, 0.2) is 0 Å². The maximum absolute atomic E-state index is 10.9. The largest absolute Gasteiger partial charge is 0.478 e. The van der Waals surface area contributed by atoms with Crippen molar-refractivity contribution in [2.75, 3.05) is 52.4 Å². The molecular formula is C18H30N4O2. The van der Waals surface area contributed by atoms with Crippen molar-refractivity contribution in [2.45, 2.75) is 19.4 Å². The van der Waals surface area contributed by atoms with Gasteiger partial charge >= 0.3 is 5.97 Å². The maximum atomic E-state index is 10.9. The Kier molecular flexibility index (Phi) is 8.76. The molecule has 24 heavy (non-hydrogen) atoms. The van der Waals surface area contributed by atoms with Gasteiger partial charge in [0.25, 0.3) is 0 Å². The molecule has 0 spiro atoms. The zero-order chi connectivity index (χ0) is 17.0. The van der Waals surface area contributed by atoms with Gasteiger partial charge in [0, 0.05) is 45.8 Å². The van der Waals surface area contributed by atoms with Gasteiger partial charge in [0.2, 0.25) is 0 Å². The molecule has 0 saturated carbocycles. The van der Waals surface area contributed by atoms with Gasteiger partial charge in [-0.1, -0.05) is 12.1 Å². The van der Waals surface area contributed by atoms with E-state index in [9.17, 15) is 4.79 Å². The SMILES string of the molecule is O=C(O)c1ccc(CN2CCCCNCCNCCNCC2)cc1. The van der Waals surface area contributed by atoms with Crippen LogP contribution >= 0.6 is 0 Å². The molecule has 6 heteroatoms. The summed E-state index contributed by atoms with van der Waals surface area (Å²) in [5.74, 6) is -0.870. The van der Waals surface area contributed by atoms with Crippen LogP contribution in [0.15, 0.2) is 24.3 Å². The first-order valence-corrected chi connectivity index (χ1v) is 8.92. The second-order valence-corrected chi connectivity index (χ2v) is 6.24. The normalized spacial score (nSPS) is 19.5. The second-order valence-electron chi connectivity index (χ2n) is 6.24. The average molecular weight is 334 g/mol. The molecule has 2 rings (SSSR count). The van der Waals surface area contributed by atoms with Gasteiger partial charge in [-0.3, -0.25) is 4.90 Å². The van der Waals surface area contributed by atoms with E-state index >= 15 is 0 Å². The molecule has 1 fully saturated rings. The van der Waals surface area contributed by atoms with Gasteiger partial charge in [-0.15, -0.1) is 0 Å². The molecule has 0 amide bonds. The first-order chi connectivity index (χ1) is 11.8. The molecule has 0 aliphatic carbocycles. The van der Waals surface area contributed by atoms with Crippen molar-refractivity contribution < 1.29 is 9.90 Å². The van der Waals surface area contributed by atoms with E-state index in [4.69, 9.17) is 5.11 Å². The highest BCUT2D eigenvalue weighted by Gasteiger charge is 2.08. The summed E-state index contributed by atoms with van der Waals surface area (Å²) in [5.41, 5.74) is 1.51. The van der Waals surface area contributed by atoms with Crippen LogP contribution in [0.25, 0.3) is 0 Å². The molecule has 1 aliphatic heterocycles. The molecule has 4 N–H and O–H groups in total. The molecule has 1 saturated heterocycles. The van der Waals surface area contributed by atoms with Crippen LogP contribution in [0.1, 0.15) is 28.8 Å². The van der Waals surface area contributed by atoms with Crippen LogP contribution in [-0.4, -0.2) is 68.3 Å². The van der Waals surface area contributed by atoms with Crippen molar-refractivity contribution >= 4 is 5.97 Å². The minimum atomic E-state index is -0.870. The Morgan fingerprint density at radius 2 is 1.50 bits per heavy atom. The molecular weight excluding hydrogens is 304 g/mol. The fourth-order valence-corrected chi connectivity index (χ4v) is 2.83. The van der Waals surface area contributed by atoms with Crippen molar-refractivity contribution in [3.05, 3.63) is 35.4 Å². The maximum Gasteiger partial charge on any atom is 0.335 e. The Balaban J connectivity index is 1.85. The topological polar surface area (TPSA) is 76.6 Å². The summed E-state index contributed by atoms with van der Waals surface area (Å²) in [6.07, 6.45) is 2.36. The molecule has 0 atom stereocenters. The molecule has 0 unspecified atom stereocenters. The minimum Gasteiger partial charge on any atom is -0.478 e. The number of benzene rings is 1. The molecule has 0 bridgehead atoms. The molecule has 1 aromatic carbocycles. The highest BCUT2D eigenvalue weighted by atomic mass is 16.4. The first-order valence-electron chi connectivity index (χ1n) is 8.92. The fraction of sp³-hybridized carbons (Fsp3) is 0.611. The van der Waals surface area contributed by atoms with E-state index in [1.807, 2.05) is 12.1 Å². The quantitative estimate of drug-likeness (QED) is 0.654. The molecule has 6 nitrogen and oxygen atoms in total. The molecule has 1 aromatic rings. The van der Waals surface area contributed by atoms with Crippen LogP contribution < -0.4 is 16.0 Å². The van der Waals surface area contributed by atoms with Crippen molar-refractivity contribution in [3.8, 4) is 0 Å². The van der Waals surface area contributed by atoms with Gasteiger partial charge in [0.1, 0.15) is 0 Å². The Hall–Kier alpha value is -1.47.